The lowest BCUT2D eigenvalue weighted by molar-refractivity contribution is -0.132. The SMILES string of the molecule is O=C(Cc1ccc(OCC[C@@H]2CC2C2CCN(c3ncc(Cl)cn3)CC2)cc1F)N1CCCC1CO. The summed E-state index contributed by atoms with van der Waals surface area (Å²) in [6, 6.07) is 4.64. The Morgan fingerprint density at radius 1 is 1.17 bits per heavy atom. The molecule has 3 fully saturated rings. The van der Waals surface area contributed by atoms with E-state index in [1.165, 1.54) is 12.5 Å². The van der Waals surface area contributed by atoms with Gasteiger partial charge in [-0.05, 0) is 67.9 Å². The summed E-state index contributed by atoms with van der Waals surface area (Å²) >= 11 is 5.89. The van der Waals surface area contributed by atoms with E-state index in [1.807, 2.05) is 0 Å². The predicted octanol–water partition coefficient (Wildman–Crippen LogP) is 4.12. The van der Waals surface area contributed by atoms with E-state index in [9.17, 15) is 14.3 Å². The first-order valence-electron chi connectivity index (χ1n) is 13.1. The molecule has 0 spiro atoms. The van der Waals surface area contributed by atoms with E-state index < -0.39 is 5.82 Å². The van der Waals surface area contributed by atoms with E-state index >= 15 is 0 Å². The Morgan fingerprint density at radius 3 is 2.67 bits per heavy atom. The maximum atomic E-state index is 14.6. The van der Waals surface area contributed by atoms with Crippen molar-refractivity contribution in [3.05, 3.63) is 47.0 Å². The van der Waals surface area contributed by atoms with Gasteiger partial charge in [-0.2, -0.15) is 0 Å². The Labute approximate surface area is 216 Å². The molecule has 1 saturated carbocycles. The molecular formula is C27H34ClFN4O3. The number of ether oxygens (including phenoxy) is 1. The summed E-state index contributed by atoms with van der Waals surface area (Å²) < 4.78 is 20.5. The highest BCUT2D eigenvalue weighted by Crippen LogP contribution is 2.49. The summed E-state index contributed by atoms with van der Waals surface area (Å²) in [5, 5.41) is 9.98. The van der Waals surface area contributed by atoms with Crippen molar-refractivity contribution in [3.8, 4) is 5.75 Å². The van der Waals surface area contributed by atoms with Crippen LogP contribution in [0.5, 0.6) is 5.75 Å². The van der Waals surface area contributed by atoms with Crippen molar-refractivity contribution in [2.45, 2.75) is 51.0 Å². The van der Waals surface area contributed by atoms with E-state index in [1.54, 1.807) is 29.4 Å². The lowest BCUT2D eigenvalue weighted by atomic mass is 9.90. The molecule has 194 valence electrons. The summed E-state index contributed by atoms with van der Waals surface area (Å²) in [7, 11) is 0. The zero-order valence-electron chi connectivity index (χ0n) is 20.5. The first-order chi connectivity index (χ1) is 17.5. The summed E-state index contributed by atoms with van der Waals surface area (Å²) in [4.78, 5) is 25.1. The first kappa shape index (κ1) is 25.2. The van der Waals surface area contributed by atoms with Crippen LogP contribution in [0.25, 0.3) is 0 Å². The molecule has 2 aromatic rings. The lowest BCUT2D eigenvalue weighted by Gasteiger charge is -2.32. The van der Waals surface area contributed by atoms with Crippen LogP contribution in [-0.4, -0.2) is 64.8 Å². The number of likely N-dealkylation sites (tertiary alicyclic amines) is 1. The van der Waals surface area contributed by atoms with Crippen LogP contribution in [0.1, 0.15) is 44.1 Å². The van der Waals surface area contributed by atoms with E-state index in [2.05, 4.69) is 14.9 Å². The summed E-state index contributed by atoms with van der Waals surface area (Å²) in [5.41, 5.74) is 0.369. The van der Waals surface area contributed by atoms with Crippen molar-refractivity contribution in [1.82, 2.24) is 14.9 Å². The predicted molar refractivity (Wildman–Crippen MR) is 136 cm³/mol. The average Bonchev–Trinajstić information content (AvgIpc) is 3.49. The summed E-state index contributed by atoms with van der Waals surface area (Å²) in [6.45, 7) is 3.10. The minimum atomic E-state index is -0.415. The van der Waals surface area contributed by atoms with Gasteiger partial charge in [-0.15, -0.1) is 0 Å². The highest BCUT2D eigenvalue weighted by Gasteiger charge is 2.43. The third-order valence-corrected chi connectivity index (χ3v) is 8.24. The second-order valence-corrected chi connectivity index (χ2v) is 10.8. The van der Waals surface area contributed by atoms with Crippen molar-refractivity contribution < 1.29 is 19.0 Å². The third-order valence-electron chi connectivity index (χ3n) is 8.04. The maximum absolute atomic E-state index is 14.6. The van der Waals surface area contributed by atoms with Gasteiger partial charge in [0.05, 0.1) is 43.1 Å². The number of carbonyl (C=O) groups excluding carboxylic acids is 1. The number of benzene rings is 1. The van der Waals surface area contributed by atoms with Crippen LogP contribution >= 0.6 is 11.6 Å². The molecule has 2 saturated heterocycles. The number of hydrogen-bond donors (Lipinski definition) is 1. The fourth-order valence-corrected chi connectivity index (χ4v) is 5.98. The maximum Gasteiger partial charge on any atom is 0.227 e. The average molecular weight is 517 g/mol. The van der Waals surface area contributed by atoms with Crippen LogP contribution in [-0.2, 0) is 11.2 Å². The summed E-state index contributed by atoms with van der Waals surface area (Å²) in [5.74, 6) is 2.87. The van der Waals surface area contributed by atoms with Crippen LogP contribution in [0.15, 0.2) is 30.6 Å². The number of halogens is 2. The van der Waals surface area contributed by atoms with Gasteiger partial charge in [-0.25, -0.2) is 14.4 Å². The Kier molecular flexibility index (Phi) is 7.91. The monoisotopic (exact) mass is 516 g/mol. The third kappa shape index (κ3) is 5.92. The molecule has 9 heteroatoms. The highest BCUT2D eigenvalue weighted by molar-refractivity contribution is 6.30. The number of rotatable bonds is 9. The molecule has 1 aromatic heterocycles. The van der Waals surface area contributed by atoms with Gasteiger partial charge in [0.15, 0.2) is 0 Å². The molecular weight excluding hydrogens is 483 g/mol. The van der Waals surface area contributed by atoms with E-state index in [-0.39, 0.29) is 25.0 Å². The van der Waals surface area contributed by atoms with Gasteiger partial charge in [0.2, 0.25) is 11.9 Å². The molecule has 5 rings (SSSR count). The van der Waals surface area contributed by atoms with E-state index in [0.717, 1.165) is 63.0 Å². The molecule has 1 aliphatic carbocycles. The molecule has 3 heterocycles. The standard InChI is InChI=1S/C27H34ClFN4O3/c28-21-15-30-27(31-16-21)32-9-5-18(6-10-32)24-12-19(24)7-11-36-23-4-3-20(25(29)14-23)13-26(35)33-8-1-2-22(33)17-34/h3-4,14-16,18-19,22,24,34H,1-2,5-13,17H2/t19-,22?,24?/m1/s1. The number of nitrogens with zero attached hydrogens (tertiary/aromatic N) is 4. The zero-order valence-corrected chi connectivity index (χ0v) is 21.2. The van der Waals surface area contributed by atoms with Crippen molar-refractivity contribution in [1.29, 1.82) is 0 Å². The van der Waals surface area contributed by atoms with Crippen LogP contribution in [0.2, 0.25) is 5.02 Å². The number of amides is 1. The fraction of sp³-hybridized carbons (Fsp3) is 0.593. The molecule has 1 N–H and O–H groups in total. The van der Waals surface area contributed by atoms with Crippen molar-refractivity contribution >= 4 is 23.5 Å². The Balaban J connectivity index is 1.03. The van der Waals surface area contributed by atoms with Gasteiger partial charge in [-0.3, -0.25) is 4.79 Å². The van der Waals surface area contributed by atoms with Gasteiger partial charge in [0.25, 0.3) is 0 Å². The van der Waals surface area contributed by atoms with Crippen molar-refractivity contribution in [3.63, 3.8) is 0 Å². The minimum Gasteiger partial charge on any atom is -0.493 e. The van der Waals surface area contributed by atoms with Gasteiger partial charge in [-0.1, -0.05) is 17.7 Å². The smallest absolute Gasteiger partial charge is 0.227 e. The molecule has 2 unspecified atom stereocenters. The zero-order chi connectivity index (χ0) is 25.1. The van der Waals surface area contributed by atoms with Gasteiger partial charge >= 0.3 is 0 Å². The molecule has 3 atom stereocenters. The highest BCUT2D eigenvalue weighted by atomic mass is 35.5. The second kappa shape index (κ2) is 11.3. The molecule has 2 aliphatic heterocycles. The second-order valence-electron chi connectivity index (χ2n) is 10.3. The molecule has 1 aromatic carbocycles. The number of piperidine rings is 1. The number of anilines is 1. The van der Waals surface area contributed by atoms with Crippen molar-refractivity contribution in [2.24, 2.45) is 17.8 Å². The number of hydrogen-bond acceptors (Lipinski definition) is 6. The van der Waals surface area contributed by atoms with Crippen LogP contribution in [0.4, 0.5) is 10.3 Å². The normalized spacial score (nSPS) is 24.2. The number of carbonyl (C=O) groups is 1. The topological polar surface area (TPSA) is 78.8 Å². The van der Waals surface area contributed by atoms with E-state index in [0.29, 0.717) is 35.4 Å². The molecule has 3 aliphatic rings. The largest absolute Gasteiger partial charge is 0.493 e. The van der Waals surface area contributed by atoms with Crippen molar-refractivity contribution in [2.75, 3.05) is 37.7 Å². The lowest BCUT2D eigenvalue weighted by Crippen LogP contribution is -2.38. The molecule has 0 radical (unpaired) electrons. The Morgan fingerprint density at radius 2 is 1.94 bits per heavy atom. The molecule has 0 bridgehead atoms. The number of aliphatic hydroxyl groups excluding tert-OH is 1. The van der Waals surface area contributed by atoms with Crippen LogP contribution in [0, 0.1) is 23.6 Å². The quantitative estimate of drug-likeness (QED) is 0.540. The first-order valence-corrected chi connectivity index (χ1v) is 13.4. The minimum absolute atomic E-state index is 0.00925. The fourth-order valence-electron chi connectivity index (χ4n) is 5.88. The van der Waals surface area contributed by atoms with Crippen LogP contribution < -0.4 is 9.64 Å². The number of aromatic nitrogens is 2. The Hall–Kier alpha value is -2.45. The molecule has 1 amide bonds. The number of aliphatic hydroxyl groups is 1. The van der Waals surface area contributed by atoms with Gasteiger partial charge in [0, 0.05) is 25.7 Å². The van der Waals surface area contributed by atoms with E-state index in [4.69, 9.17) is 16.3 Å². The van der Waals surface area contributed by atoms with Gasteiger partial charge in [0.1, 0.15) is 11.6 Å². The molecule has 7 nitrogen and oxygen atoms in total. The van der Waals surface area contributed by atoms with Crippen LogP contribution in [0.3, 0.4) is 0 Å². The Bertz CT molecular complexity index is 1050. The van der Waals surface area contributed by atoms with Gasteiger partial charge < -0.3 is 19.6 Å². The summed E-state index contributed by atoms with van der Waals surface area (Å²) in [6.07, 6.45) is 9.50. The molecule has 36 heavy (non-hydrogen) atoms.